The molecule has 0 radical (unpaired) electrons. The summed E-state index contributed by atoms with van der Waals surface area (Å²) in [6.45, 7) is 0.712. The van der Waals surface area contributed by atoms with Gasteiger partial charge in [0.1, 0.15) is 5.92 Å². The van der Waals surface area contributed by atoms with Crippen molar-refractivity contribution in [2.24, 2.45) is 5.92 Å². The minimum absolute atomic E-state index is 0.0730. The SMILES string of the molecule is O=C1N[N+](=C2c3ccccc3-c3ccccc32)[C@@H]2OCCC[C@H]12. The maximum absolute atomic E-state index is 12.4. The first-order valence-corrected chi connectivity index (χ1v) is 8.12. The Balaban J connectivity index is 1.78. The van der Waals surface area contributed by atoms with Gasteiger partial charge in [-0.05, 0) is 36.1 Å². The van der Waals surface area contributed by atoms with Gasteiger partial charge in [-0.1, -0.05) is 41.1 Å². The molecule has 0 saturated carbocycles. The predicted octanol–water partition coefficient (Wildman–Crippen LogP) is 2.31. The molecular weight excluding hydrogens is 288 g/mol. The maximum atomic E-state index is 12.4. The number of hydrazine groups is 1. The summed E-state index contributed by atoms with van der Waals surface area (Å²) in [4.78, 5) is 12.4. The fourth-order valence-electron chi connectivity index (χ4n) is 3.98. The smallest absolute Gasteiger partial charge is 0.298 e. The molecule has 0 spiro atoms. The van der Waals surface area contributed by atoms with Crippen LogP contribution in [0.15, 0.2) is 48.5 Å². The molecule has 2 heterocycles. The zero-order chi connectivity index (χ0) is 15.4. The van der Waals surface area contributed by atoms with E-state index in [1.54, 1.807) is 0 Å². The molecule has 2 aromatic rings. The predicted molar refractivity (Wildman–Crippen MR) is 86.0 cm³/mol. The monoisotopic (exact) mass is 305 g/mol. The lowest BCUT2D eigenvalue weighted by atomic mass is 9.99. The van der Waals surface area contributed by atoms with Gasteiger partial charge < -0.3 is 4.74 Å². The van der Waals surface area contributed by atoms with Crippen molar-refractivity contribution in [1.82, 2.24) is 5.43 Å². The Morgan fingerprint density at radius 1 is 0.957 bits per heavy atom. The second kappa shape index (κ2) is 4.77. The van der Waals surface area contributed by atoms with E-state index in [4.69, 9.17) is 4.74 Å². The van der Waals surface area contributed by atoms with Gasteiger partial charge in [-0.25, -0.2) is 0 Å². The molecule has 0 bridgehead atoms. The van der Waals surface area contributed by atoms with Crippen LogP contribution in [0.2, 0.25) is 0 Å². The molecule has 2 atom stereocenters. The zero-order valence-electron chi connectivity index (χ0n) is 12.7. The van der Waals surface area contributed by atoms with Gasteiger partial charge in [0.2, 0.25) is 5.71 Å². The number of hydrazone groups is 1. The van der Waals surface area contributed by atoms with Gasteiger partial charge >= 0.3 is 0 Å². The fourth-order valence-corrected chi connectivity index (χ4v) is 3.98. The van der Waals surface area contributed by atoms with Crippen LogP contribution in [-0.2, 0) is 9.53 Å². The number of fused-ring (bicyclic) bond motifs is 4. The Hall–Kier alpha value is -2.46. The van der Waals surface area contributed by atoms with Gasteiger partial charge in [-0.15, -0.1) is 5.43 Å². The van der Waals surface area contributed by atoms with Crippen LogP contribution in [0.25, 0.3) is 11.1 Å². The van der Waals surface area contributed by atoms with E-state index >= 15 is 0 Å². The Morgan fingerprint density at radius 2 is 1.57 bits per heavy atom. The summed E-state index contributed by atoms with van der Waals surface area (Å²) >= 11 is 0. The third kappa shape index (κ3) is 1.75. The number of carbonyl (C=O) groups excluding carboxylic acids is 1. The summed E-state index contributed by atoms with van der Waals surface area (Å²) < 4.78 is 7.90. The minimum Gasteiger partial charge on any atom is -0.319 e. The van der Waals surface area contributed by atoms with Crippen molar-refractivity contribution < 1.29 is 14.2 Å². The number of hydrogen-bond acceptors (Lipinski definition) is 2. The zero-order valence-corrected chi connectivity index (χ0v) is 12.7. The summed E-state index contributed by atoms with van der Waals surface area (Å²) in [5, 5.41) is 0. The van der Waals surface area contributed by atoms with Gasteiger partial charge in [0, 0.05) is 0 Å². The summed E-state index contributed by atoms with van der Waals surface area (Å²) in [6.07, 6.45) is 1.64. The van der Waals surface area contributed by atoms with Crippen molar-refractivity contribution in [2.75, 3.05) is 6.61 Å². The van der Waals surface area contributed by atoms with Crippen molar-refractivity contribution in [3.8, 4) is 11.1 Å². The molecule has 114 valence electrons. The first-order chi connectivity index (χ1) is 11.3. The Labute approximate surface area is 134 Å². The van der Waals surface area contributed by atoms with Crippen LogP contribution in [0.4, 0.5) is 0 Å². The fraction of sp³-hybridized carbons (Fsp3) is 0.263. The number of benzene rings is 2. The van der Waals surface area contributed by atoms with E-state index in [1.807, 2.05) is 16.8 Å². The molecule has 0 unspecified atom stereocenters. The Morgan fingerprint density at radius 3 is 2.22 bits per heavy atom. The van der Waals surface area contributed by atoms with E-state index in [9.17, 15) is 4.79 Å². The molecule has 3 aliphatic rings. The van der Waals surface area contributed by atoms with E-state index < -0.39 is 0 Å². The van der Waals surface area contributed by atoms with Crippen molar-refractivity contribution in [3.63, 3.8) is 0 Å². The second-order valence-electron chi connectivity index (χ2n) is 6.30. The number of amides is 1. The molecule has 1 aliphatic carbocycles. The highest BCUT2D eigenvalue weighted by Gasteiger charge is 2.51. The van der Waals surface area contributed by atoms with E-state index in [0.717, 1.165) is 29.7 Å². The van der Waals surface area contributed by atoms with Crippen molar-refractivity contribution >= 4 is 11.6 Å². The first-order valence-electron chi connectivity index (χ1n) is 8.12. The lowest BCUT2D eigenvalue weighted by molar-refractivity contribution is -0.641. The van der Waals surface area contributed by atoms with E-state index in [0.29, 0.717) is 6.61 Å². The van der Waals surface area contributed by atoms with Crippen LogP contribution in [0.3, 0.4) is 0 Å². The van der Waals surface area contributed by atoms with Gasteiger partial charge in [0.05, 0.1) is 17.7 Å². The van der Waals surface area contributed by atoms with Crippen LogP contribution >= 0.6 is 0 Å². The highest BCUT2D eigenvalue weighted by molar-refractivity contribution is 6.22. The summed E-state index contributed by atoms with van der Waals surface area (Å²) in [5.41, 5.74) is 8.85. The molecule has 23 heavy (non-hydrogen) atoms. The molecule has 1 amide bonds. The summed E-state index contributed by atoms with van der Waals surface area (Å²) in [7, 11) is 0. The molecule has 5 rings (SSSR count). The summed E-state index contributed by atoms with van der Waals surface area (Å²) in [5.74, 6) is 0.000219. The van der Waals surface area contributed by atoms with Gasteiger partial charge in [0.15, 0.2) is 0 Å². The Kier molecular flexibility index (Phi) is 2.70. The number of nitrogens with zero attached hydrogens (tertiary/aromatic N) is 1. The van der Waals surface area contributed by atoms with E-state index in [-0.39, 0.29) is 18.1 Å². The largest absolute Gasteiger partial charge is 0.319 e. The van der Waals surface area contributed by atoms with Gasteiger partial charge in [-0.2, -0.15) is 0 Å². The number of hydrogen-bond donors (Lipinski definition) is 1. The lowest BCUT2D eigenvalue weighted by Crippen LogP contribution is -2.38. The van der Waals surface area contributed by atoms with E-state index in [1.165, 1.54) is 11.1 Å². The molecule has 4 nitrogen and oxygen atoms in total. The molecule has 4 heteroatoms. The lowest BCUT2D eigenvalue weighted by Gasteiger charge is -2.18. The molecule has 0 aromatic heterocycles. The first kappa shape index (κ1) is 13.0. The van der Waals surface area contributed by atoms with Gasteiger partial charge in [-0.3, -0.25) is 4.79 Å². The number of carbonyl (C=O) groups is 1. The number of nitrogens with one attached hydrogen (secondary N) is 1. The molecule has 1 N–H and O–H groups in total. The molecule has 2 aliphatic heterocycles. The molecular formula is C19H17N2O2+. The quantitative estimate of drug-likeness (QED) is 0.648. The number of rotatable bonds is 0. The second-order valence-corrected chi connectivity index (χ2v) is 6.30. The van der Waals surface area contributed by atoms with Crippen LogP contribution < -0.4 is 5.43 Å². The van der Waals surface area contributed by atoms with Crippen LogP contribution in [0.5, 0.6) is 0 Å². The van der Waals surface area contributed by atoms with Gasteiger partial charge in [0.25, 0.3) is 12.1 Å². The molecule has 2 saturated heterocycles. The topological polar surface area (TPSA) is 41.3 Å². The standard InChI is InChI=1S/C19H16N2O2/c22-18-16-10-5-11-23-19(16)21(20-18)17-14-8-3-1-6-12(14)13-7-2-4-9-15(13)17/h1-4,6-9,16,19H,5,10-11H2/p+1/t16-,19-/m1/s1. The van der Waals surface area contributed by atoms with Crippen molar-refractivity contribution in [2.45, 2.75) is 19.1 Å². The van der Waals surface area contributed by atoms with Crippen molar-refractivity contribution in [1.29, 1.82) is 0 Å². The third-order valence-corrected chi connectivity index (χ3v) is 5.01. The minimum atomic E-state index is -0.203. The van der Waals surface area contributed by atoms with Crippen molar-refractivity contribution in [3.05, 3.63) is 59.7 Å². The van der Waals surface area contributed by atoms with Crippen LogP contribution in [0, 0.1) is 5.92 Å². The normalized spacial score (nSPS) is 25.0. The third-order valence-electron chi connectivity index (χ3n) is 5.01. The average molecular weight is 305 g/mol. The number of ether oxygens (including phenoxy) is 1. The van der Waals surface area contributed by atoms with E-state index in [2.05, 4.69) is 41.8 Å². The molecule has 2 fully saturated rings. The molecule has 2 aromatic carbocycles. The maximum Gasteiger partial charge on any atom is 0.298 e. The highest BCUT2D eigenvalue weighted by Crippen LogP contribution is 2.38. The highest BCUT2D eigenvalue weighted by atomic mass is 16.5. The Bertz CT molecular complexity index is 808. The summed E-state index contributed by atoms with van der Waals surface area (Å²) in [6, 6.07) is 16.7. The average Bonchev–Trinajstić information content (AvgIpc) is 3.11. The van der Waals surface area contributed by atoms with Crippen LogP contribution in [-0.4, -0.2) is 29.1 Å². The van der Waals surface area contributed by atoms with Crippen LogP contribution in [0.1, 0.15) is 24.0 Å².